The molecule has 2 heterocycles. The van der Waals surface area contributed by atoms with Gasteiger partial charge in [0, 0.05) is 39.0 Å². The van der Waals surface area contributed by atoms with E-state index in [1.54, 1.807) is 0 Å². The van der Waals surface area contributed by atoms with Gasteiger partial charge in [0.15, 0.2) is 0 Å². The van der Waals surface area contributed by atoms with Crippen LogP contribution in [0.3, 0.4) is 0 Å². The Bertz CT molecular complexity index is 628. The zero-order chi connectivity index (χ0) is 18.4. The molecule has 0 spiro atoms. The van der Waals surface area contributed by atoms with Crippen LogP contribution in [0, 0.1) is 12.8 Å². The predicted molar refractivity (Wildman–Crippen MR) is 104 cm³/mol. The van der Waals surface area contributed by atoms with Crippen LogP contribution in [0.5, 0.6) is 0 Å². The highest BCUT2D eigenvalue weighted by Gasteiger charge is 2.25. The molecule has 1 aromatic carbocycles. The summed E-state index contributed by atoms with van der Waals surface area (Å²) in [6.07, 6.45) is 7.78. The first-order chi connectivity index (χ1) is 12.6. The van der Waals surface area contributed by atoms with Crippen LogP contribution in [-0.2, 0) is 16.0 Å². The van der Waals surface area contributed by atoms with E-state index in [9.17, 15) is 9.59 Å². The van der Waals surface area contributed by atoms with E-state index in [1.165, 1.54) is 17.5 Å². The zero-order valence-electron chi connectivity index (χ0n) is 16.1. The second-order valence-electron chi connectivity index (χ2n) is 7.90. The number of hydrogen-bond donors (Lipinski definition) is 0. The molecule has 0 bridgehead atoms. The van der Waals surface area contributed by atoms with Crippen LogP contribution >= 0.6 is 0 Å². The summed E-state index contributed by atoms with van der Waals surface area (Å²) in [5.41, 5.74) is 2.79. The monoisotopic (exact) mass is 356 g/mol. The van der Waals surface area contributed by atoms with Crippen LogP contribution in [0.15, 0.2) is 24.3 Å². The fourth-order valence-corrected chi connectivity index (χ4v) is 4.26. The van der Waals surface area contributed by atoms with Gasteiger partial charge in [0.2, 0.25) is 11.8 Å². The number of benzene rings is 1. The van der Waals surface area contributed by atoms with Crippen molar-refractivity contribution in [3.8, 4) is 0 Å². The lowest BCUT2D eigenvalue weighted by Crippen LogP contribution is -2.43. The van der Waals surface area contributed by atoms with E-state index in [4.69, 9.17) is 0 Å². The smallest absolute Gasteiger partial charge is 0.224 e. The summed E-state index contributed by atoms with van der Waals surface area (Å²) < 4.78 is 0. The molecule has 4 heteroatoms. The maximum absolute atomic E-state index is 12.6. The molecule has 2 fully saturated rings. The molecule has 26 heavy (non-hydrogen) atoms. The van der Waals surface area contributed by atoms with Crippen LogP contribution in [0.1, 0.15) is 56.1 Å². The van der Waals surface area contributed by atoms with Crippen LogP contribution < -0.4 is 0 Å². The Morgan fingerprint density at radius 2 is 2.00 bits per heavy atom. The lowest BCUT2D eigenvalue weighted by atomic mass is 9.90. The molecule has 4 nitrogen and oxygen atoms in total. The Hall–Kier alpha value is -1.84. The largest absolute Gasteiger partial charge is 0.342 e. The van der Waals surface area contributed by atoms with Crippen LogP contribution in [0.4, 0.5) is 0 Å². The molecule has 0 aromatic heterocycles. The second-order valence-corrected chi connectivity index (χ2v) is 7.90. The van der Waals surface area contributed by atoms with Crippen LogP contribution in [-0.4, -0.2) is 47.8 Å². The molecule has 2 aliphatic rings. The van der Waals surface area contributed by atoms with Gasteiger partial charge in [0.05, 0.1) is 0 Å². The maximum Gasteiger partial charge on any atom is 0.224 e. The number of carbonyl (C=O) groups excluding carboxylic acids is 2. The first-order valence-corrected chi connectivity index (χ1v) is 10.2. The summed E-state index contributed by atoms with van der Waals surface area (Å²) in [7, 11) is 0. The Morgan fingerprint density at radius 3 is 2.81 bits per heavy atom. The standard InChI is InChI=1S/C22H32N2O2/c1-18-7-2-3-9-20(18)12-11-19-8-6-15-24(17-19)22(26)13-16-23-14-5-4-10-21(23)25/h2-3,7,9,19H,4-6,8,10-17H2,1H3. The van der Waals surface area contributed by atoms with Gasteiger partial charge in [0.1, 0.15) is 0 Å². The van der Waals surface area contributed by atoms with Crippen molar-refractivity contribution in [2.75, 3.05) is 26.2 Å². The lowest BCUT2D eigenvalue weighted by molar-refractivity contribution is -0.136. The molecule has 2 aliphatic heterocycles. The van der Waals surface area contributed by atoms with Crippen molar-refractivity contribution in [1.82, 2.24) is 9.80 Å². The molecule has 142 valence electrons. The molecule has 2 amide bonds. The average Bonchev–Trinajstić information content (AvgIpc) is 2.67. The Morgan fingerprint density at radius 1 is 1.15 bits per heavy atom. The number of amides is 2. The third-order valence-corrected chi connectivity index (χ3v) is 5.97. The van der Waals surface area contributed by atoms with Crippen LogP contribution in [0.25, 0.3) is 0 Å². The van der Waals surface area contributed by atoms with Crippen molar-refractivity contribution in [3.05, 3.63) is 35.4 Å². The van der Waals surface area contributed by atoms with Gasteiger partial charge in [-0.2, -0.15) is 0 Å². The first kappa shape index (κ1) is 18.9. The van der Waals surface area contributed by atoms with Gasteiger partial charge in [-0.15, -0.1) is 0 Å². The molecule has 1 atom stereocenters. The molecule has 0 aliphatic carbocycles. The van der Waals surface area contributed by atoms with E-state index in [2.05, 4.69) is 31.2 Å². The number of aryl methyl sites for hydroxylation is 2. The molecule has 0 N–H and O–H groups in total. The Balaban J connectivity index is 1.44. The molecule has 2 saturated heterocycles. The van der Waals surface area contributed by atoms with E-state index in [-0.39, 0.29) is 11.8 Å². The number of nitrogens with zero attached hydrogens (tertiary/aromatic N) is 2. The fraction of sp³-hybridized carbons (Fsp3) is 0.636. The number of carbonyl (C=O) groups is 2. The molecular weight excluding hydrogens is 324 g/mol. The summed E-state index contributed by atoms with van der Waals surface area (Å²) in [5.74, 6) is 1.05. The Labute approximate surface area is 157 Å². The number of likely N-dealkylation sites (tertiary alicyclic amines) is 2. The SMILES string of the molecule is Cc1ccccc1CCC1CCCN(C(=O)CCN2CCCCC2=O)C1. The lowest BCUT2D eigenvalue weighted by Gasteiger charge is -2.34. The van der Waals surface area contributed by atoms with Gasteiger partial charge in [-0.3, -0.25) is 9.59 Å². The number of piperidine rings is 2. The zero-order valence-corrected chi connectivity index (χ0v) is 16.1. The minimum absolute atomic E-state index is 0.221. The average molecular weight is 357 g/mol. The minimum Gasteiger partial charge on any atom is -0.342 e. The van der Waals surface area contributed by atoms with E-state index < -0.39 is 0 Å². The van der Waals surface area contributed by atoms with E-state index in [1.807, 2.05) is 9.80 Å². The molecule has 1 aromatic rings. The van der Waals surface area contributed by atoms with E-state index >= 15 is 0 Å². The van der Waals surface area contributed by atoms with Crippen molar-refractivity contribution in [1.29, 1.82) is 0 Å². The quantitative estimate of drug-likeness (QED) is 0.782. The molecular formula is C22H32N2O2. The van der Waals surface area contributed by atoms with Crippen molar-refractivity contribution in [2.24, 2.45) is 5.92 Å². The highest BCUT2D eigenvalue weighted by molar-refractivity contribution is 5.79. The Kier molecular flexibility index (Phi) is 6.70. The number of rotatable bonds is 6. The van der Waals surface area contributed by atoms with Crippen molar-refractivity contribution in [3.63, 3.8) is 0 Å². The number of hydrogen-bond acceptors (Lipinski definition) is 2. The predicted octanol–water partition coefficient (Wildman–Crippen LogP) is 3.57. The normalized spacial score (nSPS) is 21.1. The molecule has 0 saturated carbocycles. The summed E-state index contributed by atoms with van der Waals surface area (Å²) in [6.45, 7) is 5.37. The van der Waals surface area contributed by atoms with Crippen molar-refractivity contribution >= 4 is 11.8 Å². The topological polar surface area (TPSA) is 40.6 Å². The molecule has 3 rings (SSSR count). The summed E-state index contributed by atoms with van der Waals surface area (Å²) in [4.78, 5) is 28.4. The van der Waals surface area contributed by atoms with Gasteiger partial charge in [-0.05, 0) is 62.5 Å². The minimum atomic E-state index is 0.221. The fourth-order valence-electron chi connectivity index (χ4n) is 4.26. The van der Waals surface area contributed by atoms with Gasteiger partial charge >= 0.3 is 0 Å². The molecule has 0 radical (unpaired) electrons. The summed E-state index contributed by atoms with van der Waals surface area (Å²) in [5, 5.41) is 0. The van der Waals surface area contributed by atoms with Gasteiger partial charge in [-0.1, -0.05) is 24.3 Å². The maximum atomic E-state index is 12.6. The highest BCUT2D eigenvalue weighted by atomic mass is 16.2. The highest BCUT2D eigenvalue weighted by Crippen LogP contribution is 2.23. The van der Waals surface area contributed by atoms with Crippen molar-refractivity contribution in [2.45, 2.75) is 58.3 Å². The van der Waals surface area contributed by atoms with Gasteiger partial charge < -0.3 is 9.80 Å². The first-order valence-electron chi connectivity index (χ1n) is 10.2. The van der Waals surface area contributed by atoms with E-state index in [0.717, 1.165) is 51.7 Å². The molecule has 1 unspecified atom stereocenters. The van der Waals surface area contributed by atoms with E-state index in [0.29, 0.717) is 25.3 Å². The summed E-state index contributed by atoms with van der Waals surface area (Å²) >= 11 is 0. The van der Waals surface area contributed by atoms with Crippen molar-refractivity contribution < 1.29 is 9.59 Å². The second kappa shape index (κ2) is 9.20. The van der Waals surface area contributed by atoms with Gasteiger partial charge in [0.25, 0.3) is 0 Å². The van der Waals surface area contributed by atoms with Gasteiger partial charge in [-0.25, -0.2) is 0 Å². The summed E-state index contributed by atoms with van der Waals surface area (Å²) in [6, 6.07) is 8.60. The third kappa shape index (κ3) is 5.09. The van der Waals surface area contributed by atoms with Crippen LogP contribution in [0.2, 0.25) is 0 Å². The third-order valence-electron chi connectivity index (χ3n) is 5.97.